The monoisotopic (exact) mass is 288 g/mol. The minimum Gasteiger partial charge on any atom is -0.313 e. The summed E-state index contributed by atoms with van der Waals surface area (Å²) in [5.41, 5.74) is 0.327. The van der Waals surface area contributed by atoms with Gasteiger partial charge in [0.15, 0.2) is 0 Å². The number of hydrogen-bond acceptors (Lipinski definition) is 2. The molecule has 114 valence electrons. The van der Waals surface area contributed by atoms with E-state index in [9.17, 15) is 13.2 Å². The van der Waals surface area contributed by atoms with Crippen LogP contribution in [0.4, 0.5) is 13.2 Å². The number of nitrogens with zero attached hydrogens (tertiary/aromatic N) is 1. The maximum absolute atomic E-state index is 12.4. The first-order chi connectivity index (χ1) is 9.32. The zero-order valence-electron chi connectivity index (χ0n) is 12.3. The van der Waals surface area contributed by atoms with Crippen LogP contribution in [0.15, 0.2) is 24.3 Å². The van der Waals surface area contributed by atoms with E-state index in [-0.39, 0.29) is 0 Å². The molecule has 1 rings (SSSR count). The van der Waals surface area contributed by atoms with Crippen molar-refractivity contribution in [1.29, 1.82) is 0 Å². The molecule has 0 spiro atoms. The summed E-state index contributed by atoms with van der Waals surface area (Å²) < 4.78 is 37.2. The van der Waals surface area contributed by atoms with E-state index in [2.05, 4.69) is 31.1 Å². The predicted molar refractivity (Wildman–Crippen MR) is 75.8 cm³/mol. The van der Waals surface area contributed by atoms with E-state index in [0.29, 0.717) is 6.04 Å². The van der Waals surface area contributed by atoms with Crippen LogP contribution in [0, 0.1) is 0 Å². The average molecular weight is 288 g/mol. The molecule has 0 amide bonds. The Morgan fingerprint density at radius 3 is 2.30 bits per heavy atom. The molecule has 0 heterocycles. The molecule has 0 aliphatic carbocycles. The second-order valence-corrected chi connectivity index (χ2v) is 5.15. The minimum atomic E-state index is -4.25. The lowest BCUT2D eigenvalue weighted by atomic mass is 10.1. The van der Waals surface area contributed by atoms with Crippen LogP contribution in [0.1, 0.15) is 25.0 Å². The van der Waals surface area contributed by atoms with Crippen LogP contribution in [0.25, 0.3) is 0 Å². The van der Waals surface area contributed by atoms with Crippen LogP contribution >= 0.6 is 0 Å². The largest absolute Gasteiger partial charge is 0.416 e. The first-order valence-electron chi connectivity index (χ1n) is 6.91. The van der Waals surface area contributed by atoms with Crippen molar-refractivity contribution >= 4 is 0 Å². The van der Waals surface area contributed by atoms with Gasteiger partial charge in [0.2, 0.25) is 0 Å². The number of hydrogen-bond donors (Lipinski definition) is 1. The Kier molecular flexibility index (Phi) is 6.49. The molecule has 0 radical (unpaired) electrons. The zero-order valence-corrected chi connectivity index (χ0v) is 12.3. The first-order valence-corrected chi connectivity index (χ1v) is 6.91. The highest BCUT2D eigenvalue weighted by Crippen LogP contribution is 2.29. The predicted octanol–water partition coefficient (Wildman–Crippen LogP) is 3.18. The molecular weight excluding hydrogens is 265 g/mol. The van der Waals surface area contributed by atoms with Crippen LogP contribution in [0.2, 0.25) is 0 Å². The summed E-state index contributed by atoms with van der Waals surface area (Å²) in [6.07, 6.45) is -3.52. The molecule has 0 saturated carbocycles. The van der Waals surface area contributed by atoms with Gasteiger partial charge in [-0.2, -0.15) is 13.2 Å². The molecule has 0 fully saturated rings. The van der Waals surface area contributed by atoms with Gasteiger partial charge in [0.05, 0.1) is 5.56 Å². The van der Waals surface area contributed by atoms with Crippen molar-refractivity contribution in [2.75, 3.05) is 26.7 Å². The summed E-state index contributed by atoms with van der Waals surface area (Å²) >= 11 is 0. The summed E-state index contributed by atoms with van der Waals surface area (Å²) in [6.45, 7) is 6.95. The Morgan fingerprint density at radius 1 is 1.20 bits per heavy atom. The van der Waals surface area contributed by atoms with E-state index >= 15 is 0 Å². The third-order valence-corrected chi connectivity index (χ3v) is 3.31. The summed E-state index contributed by atoms with van der Waals surface area (Å²) in [5, 5.41) is 3.38. The number of alkyl halides is 3. The Balaban J connectivity index is 2.36. The van der Waals surface area contributed by atoms with Crippen molar-refractivity contribution in [1.82, 2.24) is 10.2 Å². The van der Waals surface area contributed by atoms with E-state index in [1.165, 1.54) is 0 Å². The highest BCUT2D eigenvalue weighted by Gasteiger charge is 2.29. The maximum atomic E-state index is 12.4. The quantitative estimate of drug-likeness (QED) is 0.829. The van der Waals surface area contributed by atoms with E-state index in [0.717, 1.165) is 43.8 Å². The Hall–Kier alpha value is -1.07. The van der Waals surface area contributed by atoms with Gasteiger partial charge in [0.1, 0.15) is 0 Å². The number of rotatable bonds is 7. The lowest BCUT2D eigenvalue weighted by Crippen LogP contribution is -2.38. The van der Waals surface area contributed by atoms with Crippen molar-refractivity contribution in [3.8, 4) is 0 Å². The minimum absolute atomic E-state index is 0.370. The highest BCUT2D eigenvalue weighted by molar-refractivity contribution is 5.24. The first kappa shape index (κ1) is 17.0. The molecule has 1 aromatic rings. The van der Waals surface area contributed by atoms with E-state index in [4.69, 9.17) is 0 Å². The van der Waals surface area contributed by atoms with Gasteiger partial charge in [0.25, 0.3) is 0 Å². The van der Waals surface area contributed by atoms with Gasteiger partial charge in [-0.15, -0.1) is 0 Å². The summed E-state index contributed by atoms with van der Waals surface area (Å²) in [4.78, 5) is 2.22. The molecule has 0 aliphatic rings. The second-order valence-electron chi connectivity index (χ2n) is 5.15. The van der Waals surface area contributed by atoms with Crippen LogP contribution < -0.4 is 5.32 Å². The number of benzene rings is 1. The molecule has 1 unspecified atom stereocenters. The number of likely N-dealkylation sites (N-methyl/N-ethyl adjacent to an activating group) is 1. The molecule has 2 nitrogen and oxygen atoms in total. The molecule has 1 N–H and O–H groups in total. The summed E-state index contributed by atoms with van der Waals surface area (Å²) in [7, 11) is 2.06. The second kappa shape index (κ2) is 7.64. The van der Waals surface area contributed by atoms with E-state index in [1.54, 1.807) is 12.1 Å². The lowest BCUT2D eigenvalue weighted by Gasteiger charge is -2.20. The van der Waals surface area contributed by atoms with Crippen LogP contribution in [-0.4, -0.2) is 37.6 Å². The Bertz CT molecular complexity index is 387. The standard InChI is InChI=1S/C15H23F3N2/c1-4-20(3)11-12(2)19-10-9-13-5-7-14(8-6-13)15(16,17)18/h5-8,12,19H,4,9-11H2,1-3H3. The zero-order chi connectivity index (χ0) is 15.2. The van der Waals surface area contributed by atoms with Gasteiger partial charge in [-0.05, 0) is 51.2 Å². The maximum Gasteiger partial charge on any atom is 0.416 e. The van der Waals surface area contributed by atoms with Gasteiger partial charge >= 0.3 is 6.18 Å². The van der Waals surface area contributed by atoms with Crippen LogP contribution in [0.3, 0.4) is 0 Å². The smallest absolute Gasteiger partial charge is 0.313 e. The Morgan fingerprint density at radius 2 is 1.80 bits per heavy atom. The summed E-state index contributed by atoms with van der Waals surface area (Å²) in [6, 6.07) is 5.75. The molecule has 0 aromatic heterocycles. The van der Waals surface area contributed by atoms with Crippen molar-refractivity contribution < 1.29 is 13.2 Å². The normalized spacial score (nSPS) is 13.8. The van der Waals surface area contributed by atoms with Crippen molar-refractivity contribution in [2.45, 2.75) is 32.5 Å². The van der Waals surface area contributed by atoms with Gasteiger partial charge in [0, 0.05) is 12.6 Å². The molecule has 0 saturated heterocycles. The van der Waals surface area contributed by atoms with Crippen molar-refractivity contribution in [3.05, 3.63) is 35.4 Å². The van der Waals surface area contributed by atoms with Crippen LogP contribution in [-0.2, 0) is 12.6 Å². The van der Waals surface area contributed by atoms with Gasteiger partial charge in [-0.25, -0.2) is 0 Å². The van der Waals surface area contributed by atoms with E-state index in [1.807, 2.05) is 0 Å². The highest BCUT2D eigenvalue weighted by atomic mass is 19.4. The Labute approximate surface area is 119 Å². The number of halogens is 3. The third kappa shape index (κ3) is 5.92. The molecule has 1 aromatic carbocycles. The molecule has 0 aliphatic heterocycles. The van der Waals surface area contributed by atoms with Crippen molar-refractivity contribution in [2.24, 2.45) is 0 Å². The van der Waals surface area contributed by atoms with Crippen LogP contribution in [0.5, 0.6) is 0 Å². The fourth-order valence-electron chi connectivity index (χ4n) is 1.98. The molecule has 0 bridgehead atoms. The summed E-state index contributed by atoms with van der Waals surface area (Å²) in [5.74, 6) is 0. The molecule has 5 heteroatoms. The fraction of sp³-hybridized carbons (Fsp3) is 0.600. The molecule has 1 atom stereocenters. The van der Waals surface area contributed by atoms with Crippen molar-refractivity contribution in [3.63, 3.8) is 0 Å². The SMILES string of the molecule is CCN(C)CC(C)NCCc1ccc(C(F)(F)F)cc1. The average Bonchev–Trinajstić information content (AvgIpc) is 2.38. The van der Waals surface area contributed by atoms with Gasteiger partial charge < -0.3 is 10.2 Å². The van der Waals surface area contributed by atoms with E-state index < -0.39 is 11.7 Å². The molecule has 20 heavy (non-hydrogen) atoms. The third-order valence-electron chi connectivity index (χ3n) is 3.31. The fourth-order valence-corrected chi connectivity index (χ4v) is 1.98. The van der Waals surface area contributed by atoms with Gasteiger partial charge in [-0.1, -0.05) is 19.1 Å². The lowest BCUT2D eigenvalue weighted by molar-refractivity contribution is -0.137. The topological polar surface area (TPSA) is 15.3 Å². The number of nitrogens with one attached hydrogen (secondary N) is 1. The molecular formula is C15H23F3N2. The van der Waals surface area contributed by atoms with Gasteiger partial charge in [-0.3, -0.25) is 0 Å².